The summed E-state index contributed by atoms with van der Waals surface area (Å²) in [4.78, 5) is 15.1. The fourth-order valence-electron chi connectivity index (χ4n) is 4.34. The number of anilines is 3. The first-order chi connectivity index (χ1) is 19.2. The van der Waals surface area contributed by atoms with Gasteiger partial charge in [0.05, 0.1) is 35.7 Å². The van der Waals surface area contributed by atoms with E-state index in [4.69, 9.17) is 10.5 Å². The maximum atomic E-state index is 14.6. The normalized spacial score (nSPS) is 15.3. The summed E-state index contributed by atoms with van der Waals surface area (Å²) in [6.07, 6.45) is 2.03. The molecule has 1 saturated heterocycles. The van der Waals surface area contributed by atoms with Crippen molar-refractivity contribution >= 4 is 17.3 Å². The van der Waals surface area contributed by atoms with Gasteiger partial charge >= 0.3 is 6.30 Å². The van der Waals surface area contributed by atoms with Crippen molar-refractivity contribution in [1.82, 2.24) is 24.7 Å². The topological polar surface area (TPSA) is 107 Å². The molecule has 40 heavy (non-hydrogen) atoms. The maximum Gasteiger partial charge on any atom is 0.504 e. The predicted octanol–water partition coefficient (Wildman–Crippen LogP) is 4.43. The number of nitrogens with one attached hydrogen (secondary N) is 1. The number of aromatic nitrogens is 5. The van der Waals surface area contributed by atoms with Crippen LogP contribution < -0.4 is 20.7 Å². The van der Waals surface area contributed by atoms with E-state index in [1.54, 1.807) is 18.2 Å². The third kappa shape index (κ3) is 5.97. The molecule has 1 atom stereocenters. The molecule has 1 fully saturated rings. The molecule has 9 nitrogen and oxygen atoms in total. The van der Waals surface area contributed by atoms with Crippen LogP contribution in [0.15, 0.2) is 55.1 Å². The van der Waals surface area contributed by atoms with Crippen LogP contribution >= 0.6 is 0 Å². The molecule has 206 valence electrons. The number of piperidine rings is 1. The number of hydrogen-bond donors (Lipinski definition) is 2. The van der Waals surface area contributed by atoms with E-state index < -0.39 is 12.1 Å². The third-order valence-electron chi connectivity index (χ3n) is 6.20. The number of halogens is 4. The van der Waals surface area contributed by atoms with E-state index in [1.165, 1.54) is 31.6 Å². The van der Waals surface area contributed by atoms with Crippen molar-refractivity contribution < 1.29 is 22.3 Å². The Morgan fingerprint density at radius 1 is 1.12 bits per heavy atom. The highest BCUT2D eigenvalue weighted by molar-refractivity contribution is 5.69. The third-order valence-corrected chi connectivity index (χ3v) is 6.20. The quantitative estimate of drug-likeness (QED) is 0.277. The Bertz CT molecular complexity index is 1580. The monoisotopic (exact) mass is 552 g/mol. The highest BCUT2D eigenvalue weighted by Gasteiger charge is 2.31. The lowest BCUT2D eigenvalue weighted by molar-refractivity contribution is -0.212. The van der Waals surface area contributed by atoms with Crippen LogP contribution in [0.4, 0.5) is 34.9 Å². The Morgan fingerprint density at radius 2 is 1.98 bits per heavy atom. The standard InChI is InChI=1S/C27H24F4N8O/c1-40-22-6-2-5-20(28)25(22)26-33-10-9-23(37-26)36-24-12-21(38-11-3-4-19(32)16-38)18(14-34-24)8-7-17-13-35-39(15-17)27(29,30)31/h2,5-6,9-10,12-15,19H,3-4,11,16,32H2,1H3,(H,33,34,36,37)/t19-/m0/s1. The Labute approximate surface area is 227 Å². The highest BCUT2D eigenvalue weighted by atomic mass is 19.4. The van der Waals surface area contributed by atoms with Crippen molar-refractivity contribution in [2.24, 2.45) is 5.73 Å². The summed E-state index contributed by atoms with van der Waals surface area (Å²) in [5.74, 6) is 6.34. The first kappa shape index (κ1) is 26.9. The van der Waals surface area contributed by atoms with Crippen molar-refractivity contribution in [2.75, 3.05) is 30.4 Å². The molecule has 0 radical (unpaired) electrons. The van der Waals surface area contributed by atoms with Crippen molar-refractivity contribution in [2.45, 2.75) is 25.2 Å². The Hall–Kier alpha value is -4.70. The minimum atomic E-state index is -4.62. The molecule has 0 aliphatic carbocycles. The fraction of sp³-hybridized carbons (Fsp3) is 0.259. The molecule has 0 unspecified atom stereocenters. The van der Waals surface area contributed by atoms with Crippen LogP contribution in [0.3, 0.4) is 0 Å². The summed E-state index contributed by atoms with van der Waals surface area (Å²) in [7, 11) is 1.44. The predicted molar refractivity (Wildman–Crippen MR) is 140 cm³/mol. The molecule has 5 rings (SSSR count). The van der Waals surface area contributed by atoms with Crippen molar-refractivity contribution in [3.63, 3.8) is 0 Å². The van der Waals surface area contributed by atoms with Crippen LogP contribution in [0.25, 0.3) is 11.4 Å². The molecule has 3 N–H and O–H groups in total. The van der Waals surface area contributed by atoms with Gasteiger partial charge in [-0.1, -0.05) is 17.9 Å². The smallest absolute Gasteiger partial charge is 0.496 e. The molecule has 1 aliphatic rings. The SMILES string of the molecule is COc1cccc(F)c1-c1nccc(Nc2cc(N3CCC[C@H](N)C3)c(C#Cc3cnn(C(F)(F)F)c3)cn2)n1. The van der Waals surface area contributed by atoms with Gasteiger partial charge in [0.15, 0.2) is 5.82 Å². The van der Waals surface area contributed by atoms with E-state index in [0.29, 0.717) is 35.2 Å². The van der Waals surface area contributed by atoms with E-state index in [0.717, 1.165) is 31.8 Å². The molecule has 1 aromatic carbocycles. The van der Waals surface area contributed by atoms with Crippen LogP contribution in [0.2, 0.25) is 0 Å². The molecule has 0 amide bonds. The first-order valence-corrected chi connectivity index (χ1v) is 12.3. The maximum absolute atomic E-state index is 14.6. The number of nitrogens with two attached hydrogens (primary N) is 1. The van der Waals surface area contributed by atoms with E-state index in [9.17, 15) is 17.6 Å². The van der Waals surface area contributed by atoms with Crippen LogP contribution in [-0.4, -0.2) is 51.0 Å². The largest absolute Gasteiger partial charge is 0.504 e. The lowest BCUT2D eigenvalue weighted by atomic mass is 10.0. The minimum absolute atomic E-state index is 0.0377. The number of pyridine rings is 1. The second-order valence-electron chi connectivity index (χ2n) is 9.03. The number of methoxy groups -OCH3 is 1. The van der Waals surface area contributed by atoms with Gasteiger partial charge in [0.2, 0.25) is 0 Å². The number of rotatable bonds is 5. The number of ether oxygens (including phenoxy) is 1. The number of nitrogens with zero attached hydrogens (tertiary/aromatic N) is 6. The van der Waals surface area contributed by atoms with Gasteiger partial charge < -0.3 is 20.7 Å². The molecule has 13 heteroatoms. The van der Waals surface area contributed by atoms with Gasteiger partial charge in [-0.15, -0.1) is 13.2 Å². The Morgan fingerprint density at radius 3 is 2.73 bits per heavy atom. The fourth-order valence-corrected chi connectivity index (χ4v) is 4.34. The number of hydrogen-bond acceptors (Lipinski definition) is 8. The highest BCUT2D eigenvalue weighted by Crippen LogP contribution is 2.31. The van der Waals surface area contributed by atoms with Gasteiger partial charge in [-0.25, -0.2) is 19.3 Å². The minimum Gasteiger partial charge on any atom is -0.496 e. The van der Waals surface area contributed by atoms with Crippen LogP contribution in [0, 0.1) is 17.7 Å². The van der Waals surface area contributed by atoms with Gasteiger partial charge in [0.1, 0.15) is 23.2 Å². The second-order valence-corrected chi connectivity index (χ2v) is 9.03. The molecular formula is C27H24F4N8O. The molecular weight excluding hydrogens is 528 g/mol. The van der Waals surface area contributed by atoms with E-state index in [2.05, 4.69) is 42.1 Å². The summed E-state index contributed by atoms with van der Waals surface area (Å²) in [6.45, 7) is 1.30. The van der Waals surface area contributed by atoms with Crippen LogP contribution in [0.1, 0.15) is 24.0 Å². The first-order valence-electron chi connectivity index (χ1n) is 12.3. The average molecular weight is 553 g/mol. The zero-order valence-electron chi connectivity index (χ0n) is 21.3. The Kier molecular flexibility index (Phi) is 7.52. The van der Waals surface area contributed by atoms with E-state index in [-0.39, 0.29) is 27.7 Å². The zero-order chi connectivity index (χ0) is 28.3. The van der Waals surface area contributed by atoms with Crippen LogP contribution in [-0.2, 0) is 6.30 Å². The van der Waals surface area contributed by atoms with Gasteiger partial charge in [-0.2, -0.15) is 9.78 Å². The summed E-state index contributed by atoms with van der Waals surface area (Å²) in [5.41, 5.74) is 7.67. The summed E-state index contributed by atoms with van der Waals surface area (Å²) >= 11 is 0. The van der Waals surface area contributed by atoms with Crippen molar-refractivity contribution in [3.05, 3.63) is 72.1 Å². The molecule has 0 bridgehead atoms. The molecule has 0 saturated carbocycles. The van der Waals surface area contributed by atoms with Crippen molar-refractivity contribution in [1.29, 1.82) is 0 Å². The molecule has 1 aliphatic heterocycles. The zero-order valence-corrected chi connectivity index (χ0v) is 21.3. The Balaban J connectivity index is 1.47. The molecule has 4 heterocycles. The van der Waals surface area contributed by atoms with E-state index >= 15 is 0 Å². The lowest BCUT2D eigenvalue weighted by Gasteiger charge is -2.33. The second kappa shape index (κ2) is 11.2. The number of alkyl halides is 3. The average Bonchev–Trinajstić information content (AvgIpc) is 3.42. The molecule has 0 spiro atoms. The van der Waals surface area contributed by atoms with Gasteiger partial charge in [0, 0.05) is 43.8 Å². The number of benzene rings is 1. The van der Waals surface area contributed by atoms with Gasteiger partial charge in [-0.3, -0.25) is 0 Å². The summed E-state index contributed by atoms with van der Waals surface area (Å²) in [5, 5.41) is 6.43. The van der Waals surface area contributed by atoms with Crippen molar-refractivity contribution in [3.8, 4) is 29.0 Å². The van der Waals surface area contributed by atoms with Gasteiger partial charge in [0.25, 0.3) is 0 Å². The molecule has 3 aromatic heterocycles. The summed E-state index contributed by atoms with van der Waals surface area (Å²) < 4.78 is 58.4. The summed E-state index contributed by atoms with van der Waals surface area (Å²) in [6, 6.07) is 7.79. The van der Waals surface area contributed by atoms with E-state index in [1.807, 2.05) is 0 Å². The van der Waals surface area contributed by atoms with Gasteiger partial charge in [-0.05, 0) is 31.0 Å². The van der Waals surface area contributed by atoms with Crippen LogP contribution in [0.5, 0.6) is 5.75 Å². The molecule has 4 aromatic rings. The lowest BCUT2D eigenvalue weighted by Crippen LogP contribution is -2.43.